The first-order chi connectivity index (χ1) is 25.7. The van der Waals surface area contributed by atoms with Crippen molar-refractivity contribution in [2.24, 2.45) is 0 Å². The van der Waals surface area contributed by atoms with E-state index in [1.165, 1.54) is 103 Å². The molecule has 0 bridgehead atoms. The zero-order valence-corrected chi connectivity index (χ0v) is 34.4. The second-order valence-electron chi connectivity index (χ2n) is 14.0. The number of rotatable bonds is 39. The Balaban J connectivity index is 4.41. The highest BCUT2D eigenvalue weighted by atomic mass is 31.2. The molecule has 0 aromatic rings. The average Bonchev–Trinajstić information content (AvgIpc) is 3.14. The van der Waals surface area contributed by atoms with Crippen molar-refractivity contribution in [3.8, 4) is 0 Å². The molecule has 0 aliphatic rings. The molecule has 0 saturated carbocycles. The number of aliphatic hydroxyl groups is 2. The Kier molecular flexibility index (Phi) is 37.2. The molecular weight excluding hydrogens is 695 g/mol. The zero-order chi connectivity index (χ0) is 39.1. The van der Waals surface area contributed by atoms with Crippen LogP contribution < -0.4 is 0 Å². The fourth-order valence-electron chi connectivity index (χ4n) is 5.51. The van der Waals surface area contributed by atoms with Gasteiger partial charge in [0.25, 0.3) is 0 Å². The van der Waals surface area contributed by atoms with Crippen LogP contribution >= 0.6 is 7.82 Å². The van der Waals surface area contributed by atoms with Crippen LogP contribution in [0.15, 0.2) is 36.5 Å². The lowest BCUT2D eigenvalue weighted by atomic mass is 10.1. The Morgan fingerprint density at radius 2 is 1.02 bits per heavy atom. The Morgan fingerprint density at radius 1 is 0.566 bits per heavy atom. The van der Waals surface area contributed by atoms with Gasteiger partial charge in [-0.1, -0.05) is 147 Å². The molecule has 0 saturated heterocycles. The van der Waals surface area contributed by atoms with Crippen LogP contribution in [0.3, 0.4) is 0 Å². The Bertz CT molecular complexity index is 983. The van der Waals surface area contributed by atoms with Crippen LogP contribution in [0.2, 0.25) is 0 Å². The number of unbranched alkanes of at least 4 members (excludes halogenated alkanes) is 19. The molecule has 10 nitrogen and oxygen atoms in total. The summed E-state index contributed by atoms with van der Waals surface area (Å²) in [7, 11) is -4.63. The van der Waals surface area contributed by atoms with Crippen molar-refractivity contribution in [1.29, 1.82) is 0 Å². The standard InChI is InChI=1S/C42H77O10P/c1-3-5-7-9-11-13-15-17-19-21-23-25-27-29-31-33-41(45)49-37-40(38-51-53(47,48)50-36-39(44)35-43)52-42(46)34-32-30-28-26-24-22-20-18-16-14-12-10-8-6-4-2/h17,19,23,25,28,30,39-40,43-44H,3-16,18,20-22,24,26-27,29,31-38H2,1-2H3,(H,47,48)/b19-17+,25-23+,30-28+/t39-,40+/m0/s1. The van der Waals surface area contributed by atoms with E-state index in [-0.39, 0.29) is 19.4 Å². The molecule has 0 spiro atoms. The molecule has 53 heavy (non-hydrogen) atoms. The molecule has 0 rings (SSSR count). The summed E-state index contributed by atoms with van der Waals surface area (Å²) >= 11 is 0. The molecule has 0 fully saturated rings. The molecule has 3 N–H and O–H groups in total. The molecule has 0 radical (unpaired) electrons. The van der Waals surface area contributed by atoms with Gasteiger partial charge in [0.15, 0.2) is 6.10 Å². The van der Waals surface area contributed by atoms with Gasteiger partial charge in [-0.25, -0.2) is 4.57 Å². The van der Waals surface area contributed by atoms with Gasteiger partial charge >= 0.3 is 19.8 Å². The minimum atomic E-state index is -4.63. The molecule has 0 aromatic carbocycles. The highest BCUT2D eigenvalue weighted by Gasteiger charge is 2.27. The van der Waals surface area contributed by atoms with Gasteiger partial charge in [-0.15, -0.1) is 0 Å². The molecule has 3 atom stereocenters. The number of carbonyl (C=O) groups is 2. The zero-order valence-electron chi connectivity index (χ0n) is 33.5. The first-order valence-electron chi connectivity index (χ1n) is 20.9. The van der Waals surface area contributed by atoms with Crippen molar-refractivity contribution in [3.05, 3.63) is 36.5 Å². The van der Waals surface area contributed by atoms with E-state index >= 15 is 0 Å². The van der Waals surface area contributed by atoms with E-state index < -0.39 is 51.8 Å². The predicted molar refractivity (Wildman–Crippen MR) is 214 cm³/mol. The number of hydrogen-bond acceptors (Lipinski definition) is 9. The highest BCUT2D eigenvalue weighted by Crippen LogP contribution is 2.43. The van der Waals surface area contributed by atoms with Crippen LogP contribution in [0.4, 0.5) is 0 Å². The number of esters is 2. The summed E-state index contributed by atoms with van der Waals surface area (Å²) in [5, 5.41) is 18.3. The monoisotopic (exact) mass is 773 g/mol. The topological polar surface area (TPSA) is 149 Å². The molecule has 310 valence electrons. The lowest BCUT2D eigenvalue weighted by Gasteiger charge is -2.20. The number of phosphoric acid groups is 1. The summed E-state index contributed by atoms with van der Waals surface area (Å²) in [6, 6.07) is 0. The van der Waals surface area contributed by atoms with Gasteiger partial charge in [-0.2, -0.15) is 0 Å². The number of phosphoric ester groups is 1. The maximum Gasteiger partial charge on any atom is 0.472 e. The first-order valence-corrected chi connectivity index (χ1v) is 22.4. The van der Waals surface area contributed by atoms with E-state index in [0.29, 0.717) is 12.8 Å². The van der Waals surface area contributed by atoms with Gasteiger partial charge in [0, 0.05) is 12.8 Å². The minimum Gasteiger partial charge on any atom is -0.462 e. The molecular formula is C42H77O10P. The van der Waals surface area contributed by atoms with E-state index in [2.05, 4.69) is 48.8 Å². The summed E-state index contributed by atoms with van der Waals surface area (Å²) in [4.78, 5) is 34.9. The lowest BCUT2D eigenvalue weighted by Crippen LogP contribution is -2.29. The molecule has 0 aromatic heterocycles. The normalized spacial score (nSPS) is 14.3. The van der Waals surface area contributed by atoms with E-state index in [1.54, 1.807) is 0 Å². The van der Waals surface area contributed by atoms with Gasteiger partial charge in [0.2, 0.25) is 0 Å². The highest BCUT2D eigenvalue weighted by molar-refractivity contribution is 7.47. The Morgan fingerprint density at radius 3 is 1.55 bits per heavy atom. The molecule has 0 aliphatic carbocycles. The van der Waals surface area contributed by atoms with Crippen LogP contribution in [-0.4, -0.2) is 65.7 Å². The second-order valence-corrected chi connectivity index (χ2v) is 15.5. The summed E-state index contributed by atoms with van der Waals surface area (Å²) in [6.45, 7) is 2.29. The third-order valence-corrected chi connectivity index (χ3v) is 9.73. The van der Waals surface area contributed by atoms with Gasteiger partial charge in [0.05, 0.1) is 19.8 Å². The quantitative estimate of drug-likeness (QED) is 0.0238. The molecule has 0 amide bonds. The number of carbonyl (C=O) groups excluding carboxylic acids is 2. The molecule has 1 unspecified atom stereocenters. The molecule has 11 heteroatoms. The van der Waals surface area contributed by atoms with E-state index in [1.807, 2.05) is 6.08 Å². The fourth-order valence-corrected chi connectivity index (χ4v) is 6.30. The van der Waals surface area contributed by atoms with Crippen LogP contribution in [0.1, 0.15) is 181 Å². The van der Waals surface area contributed by atoms with Crippen molar-refractivity contribution < 1.29 is 47.8 Å². The average molecular weight is 773 g/mol. The van der Waals surface area contributed by atoms with E-state index in [0.717, 1.165) is 38.5 Å². The van der Waals surface area contributed by atoms with Crippen molar-refractivity contribution in [2.75, 3.05) is 26.4 Å². The number of allylic oxidation sites excluding steroid dienone is 6. The fraction of sp³-hybridized carbons (Fsp3) is 0.810. The summed E-state index contributed by atoms with van der Waals surface area (Å²) in [6.07, 6.45) is 38.4. The van der Waals surface area contributed by atoms with Gasteiger partial charge in [0.1, 0.15) is 12.7 Å². The van der Waals surface area contributed by atoms with Crippen LogP contribution in [0.25, 0.3) is 0 Å². The Hall–Kier alpha value is -1.81. The van der Waals surface area contributed by atoms with Crippen molar-refractivity contribution in [3.63, 3.8) is 0 Å². The largest absolute Gasteiger partial charge is 0.472 e. The summed E-state index contributed by atoms with van der Waals surface area (Å²) < 4.78 is 32.6. The van der Waals surface area contributed by atoms with Crippen LogP contribution in [0, 0.1) is 0 Å². The lowest BCUT2D eigenvalue weighted by molar-refractivity contribution is -0.161. The smallest absolute Gasteiger partial charge is 0.462 e. The van der Waals surface area contributed by atoms with Crippen molar-refractivity contribution in [2.45, 2.75) is 193 Å². The SMILES string of the molecule is CCCCCCCC/C=C/C/C=C/CCCCC(=O)OC[C@H](COP(=O)(O)OC[C@@H](O)CO)OC(=O)CC/C=C/CCCCCCCCCCCCC. The molecule has 0 aliphatic heterocycles. The third kappa shape index (κ3) is 38.3. The van der Waals surface area contributed by atoms with Crippen LogP contribution in [-0.2, 0) is 32.7 Å². The van der Waals surface area contributed by atoms with Crippen LogP contribution in [0.5, 0.6) is 0 Å². The van der Waals surface area contributed by atoms with Crippen molar-refractivity contribution in [1.82, 2.24) is 0 Å². The van der Waals surface area contributed by atoms with Gasteiger partial charge < -0.3 is 24.6 Å². The van der Waals surface area contributed by atoms with Crippen molar-refractivity contribution >= 4 is 19.8 Å². The maximum absolute atomic E-state index is 12.6. The van der Waals surface area contributed by atoms with Gasteiger partial charge in [-0.05, 0) is 57.8 Å². The minimum absolute atomic E-state index is 0.0949. The maximum atomic E-state index is 12.6. The van der Waals surface area contributed by atoms with Gasteiger partial charge in [-0.3, -0.25) is 18.6 Å². The number of ether oxygens (including phenoxy) is 2. The molecule has 0 heterocycles. The number of aliphatic hydroxyl groups excluding tert-OH is 2. The van der Waals surface area contributed by atoms with E-state index in [9.17, 15) is 24.2 Å². The number of hydrogen-bond donors (Lipinski definition) is 3. The first kappa shape index (κ1) is 51.2. The summed E-state index contributed by atoms with van der Waals surface area (Å²) in [5.41, 5.74) is 0. The second kappa shape index (κ2) is 38.5. The predicted octanol–water partition coefficient (Wildman–Crippen LogP) is 10.8. The Labute approximate surface area is 322 Å². The summed E-state index contributed by atoms with van der Waals surface area (Å²) in [5.74, 6) is -1.02. The van der Waals surface area contributed by atoms with E-state index in [4.69, 9.17) is 19.1 Å². The third-order valence-electron chi connectivity index (χ3n) is 8.78.